The van der Waals surface area contributed by atoms with Crippen molar-refractivity contribution in [2.45, 2.75) is 65.4 Å². The zero-order valence-corrected chi connectivity index (χ0v) is 21.7. The van der Waals surface area contributed by atoms with E-state index in [0.29, 0.717) is 23.3 Å². The molecule has 35 heavy (non-hydrogen) atoms. The first-order valence-electron chi connectivity index (χ1n) is 11.8. The summed E-state index contributed by atoms with van der Waals surface area (Å²) in [6.45, 7) is 10.6. The minimum absolute atomic E-state index is 0.106. The lowest BCUT2D eigenvalue weighted by Gasteiger charge is -2.15. The van der Waals surface area contributed by atoms with Crippen LogP contribution in [0.25, 0.3) is 0 Å². The highest BCUT2D eigenvalue weighted by molar-refractivity contribution is 7.99. The molecule has 186 valence electrons. The predicted octanol–water partition coefficient (Wildman–Crippen LogP) is 4.29. The van der Waals surface area contributed by atoms with Crippen LogP contribution in [0.15, 0.2) is 47.6 Å². The molecule has 0 saturated heterocycles. The molecule has 1 heterocycles. The Morgan fingerprint density at radius 1 is 1.06 bits per heavy atom. The predicted molar refractivity (Wildman–Crippen MR) is 139 cm³/mol. The molecule has 0 aliphatic rings. The van der Waals surface area contributed by atoms with Gasteiger partial charge in [0, 0.05) is 12.2 Å². The highest BCUT2D eigenvalue weighted by Crippen LogP contribution is 2.22. The zero-order valence-electron chi connectivity index (χ0n) is 20.9. The molecule has 1 aromatic heterocycles. The number of hydrogen-bond donors (Lipinski definition) is 2. The summed E-state index contributed by atoms with van der Waals surface area (Å²) in [6, 6.07) is 13.6. The van der Waals surface area contributed by atoms with Crippen LogP contribution in [0.1, 0.15) is 43.3 Å². The quantitative estimate of drug-likeness (QED) is 0.385. The van der Waals surface area contributed by atoms with E-state index in [0.717, 1.165) is 23.2 Å². The smallest absolute Gasteiger partial charge is 0.261 e. The Morgan fingerprint density at radius 3 is 2.37 bits per heavy atom. The molecule has 0 aliphatic carbocycles. The molecular formula is C26H33N5O3S. The number of ether oxygens (including phenoxy) is 1. The number of carbonyl (C=O) groups is 2. The first-order valence-corrected chi connectivity index (χ1v) is 12.7. The van der Waals surface area contributed by atoms with Crippen LogP contribution < -0.4 is 15.4 Å². The number of hydrogen-bond acceptors (Lipinski definition) is 6. The highest BCUT2D eigenvalue weighted by Gasteiger charge is 2.18. The summed E-state index contributed by atoms with van der Waals surface area (Å²) in [6.07, 6.45) is 0.300. The lowest BCUT2D eigenvalue weighted by atomic mass is 10.1. The Bertz CT molecular complexity index is 1140. The Hall–Kier alpha value is -3.33. The van der Waals surface area contributed by atoms with Crippen LogP contribution in [0.4, 0.5) is 5.69 Å². The number of aryl methyl sites for hydroxylation is 3. The minimum Gasteiger partial charge on any atom is -0.481 e. The van der Waals surface area contributed by atoms with E-state index in [4.69, 9.17) is 4.74 Å². The average Bonchev–Trinajstić information content (AvgIpc) is 3.25. The molecule has 0 bridgehead atoms. The largest absolute Gasteiger partial charge is 0.481 e. The molecule has 3 rings (SSSR count). The minimum atomic E-state index is -0.650. The van der Waals surface area contributed by atoms with Gasteiger partial charge in [-0.15, -0.1) is 10.2 Å². The van der Waals surface area contributed by atoms with Gasteiger partial charge in [0.05, 0.1) is 12.3 Å². The van der Waals surface area contributed by atoms with E-state index in [2.05, 4.69) is 27.8 Å². The van der Waals surface area contributed by atoms with Crippen molar-refractivity contribution in [3.05, 3.63) is 65.0 Å². The van der Waals surface area contributed by atoms with Crippen LogP contribution in [0, 0.1) is 13.8 Å². The third kappa shape index (κ3) is 7.08. The molecule has 0 aliphatic heterocycles. The van der Waals surface area contributed by atoms with E-state index in [1.807, 2.05) is 67.8 Å². The first-order chi connectivity index (χ1) is 16.8. The second kappa shape index (κ2) is 12.4. The van der Waals surface area contributed by atoms with E-state index in [1.54, 1.807) is 6.92 Å². The lowest BCUT2D eigenvalue weighted by Crippen LogP contribution is -2.36. The van der Waals surface area contributed by atoms with Crippen LogP contribution in [0.3, 0.4) is 0 Å². The number of anilines is 1. The summed E-state index contributed by atoms with van der Waals surface area (Å²) in [5.41, 5.74) is 4.10. The number of nitrogens with zero attached hydrogens (tertiary/aromatic N) is 3. The molecular weight excluding hydrogens is 462 g/mol. The number of amides is 2. The number of carbonyl (C=O) groups excluding carboxylic acids is 2. The number of thioether (sulfide) groups is 1. The fraction of sp³-hybridized carbons (Fsp3) is 0.385. The van der Waals surface area contributed by atoms with Crippen molar-refractivity contribution in [3.8, 4) is 5.75 Å². The van der Waals surface area contributed by atoms with Gasteiger partial charge in [0.25, 0.3) is 5.91 Å². The summed E-state index contributed by atoms with van der Waals surface area (Å²) in [7, 11) is 0. The van der Waals surface area contributed by atoms with Gasteiger partial charge in [-0.25, -0.2) is 0 Å². The highest BCUT2D eigenvalue weighted by atomic mass is 32.2. The number of rotatable bonds is 11. The van der Waals surface area contributed by atoms with Gasteiger partial charge in [-0.2, -0.15) is 0 Å². The summed E-state index contributed by atoms with van der Waals surface area (Å²) < 4.78 is 7.65. The van der Waals surface area contributed by atoms with E-state index < -0.39 is 6.10 Å². The molecule has 0 unspecified atom stereocenters. The topological polar surface area (TPSA) is 98.1 Å². The van der Waals surface area contributed by atoms with Gasteiger partial charge < -0.3 is 19.9 Å². The molecule has 1 atom stereocenters. The van der Waals surface area contributed by atoms with Crippen molar-refractivity contribution in [3.63, 3.8) is 0 Å². The molecule has 3 aromatic rings. The molecule has 0 radical (unpaired) electrons. The van der Waals surface area contributed by atoms with Gasteiger partial charge in [0.1, 0.15) is 5.75 Å². The van der Waals surface area contributed by atoms with Gasteiger partial charge in [-0.05, 0) is 62.9 Å². The van der Waals surface area contributed by atoms with Gasteiger partial charge in [-0.1, -0.05) is 49.0 Å². The van der Waals surface area contributed by atoms with E-state index in [-0.39, 0.29) is 24.1 Å². The average molecular weight is 496 g/mol. The van der Waals surface area contributed by atoms with Crippen LogP contribution in [0.2, 0.25) is 0 Å². The maximum atomic E-state index is 12.5. The first kappa shape index (κ1) is 26.3. The summed E-state index contributed by atoms with van der Waals surface area (Å²) in [5.74, 6) is 1.14. The lowest BCUT2D eigenvalue weighted by molar-refractivity contribution is -0.127. The summed E-state index contributed by atoms with van der Waals surface area (Å²) in [5, 5.41) is 14.9. The number of para-hydroxylation sites is 1. The monoisotopic (exact) mass is 495 g/mol. The normalized spacial score (nSPS) is 11.7. The van der Waals surface area contributed by atoms with E-state index in [9.17, 15) is 9.59 Å². The van der Waals surface area contributed by atoms with Crippen LogP contribution in [-0.4, -0.2) is 38.4 Å². The van der Waals surface area contributed by atoms with Crippen LogP contribution in [0.5, 0.6) is 5.75 Å². The second-order valence-electron chi connectivity index (χ2n) is 8.22. The van der Waals surface area contributed by atoms with Crippen LogP contribution in [-0.2, 0) is 29.1 Å². The van der Waals surface area contributed by atoms with Crippen LogP contribution >= 0.6 is 11.8 Å². The third-order valence-corrected chi connectivity index (χ3v) is 6.59. The summed E-state index contributed by atoms with van der Waals surface area (Å²) in [4.78, 5) is 25.1. The molecule has 2 amide bonds. The van der Waals surface area contributed by atoms with E-state index in [1.165, 1.54) is 17.3 Å². The van der Waals surface area contributed by atoms with Crippen molar-refractivity contribution >= 4 is 29.3 Å². The molecule has 0 spiro atoms. The van der Waals surface area contributed by atoms with Gasteiger partial charge in [0.2, 0.25) is 5.91 Å². The fourth-order valence-corrected chi connectivity index (χ4v) is 4.38. The number of benzene rings is 2. The molecule has 2 N–H and O–H groups in total. The Labute approximate surface area is 210 Å². The Balaban J connectivity index is 1.53. The Morgan fingerprint density at radius 2 is 1.74 bits per heavy atom. The third-order valence-electron chi connectivity index (χ3n) is 5.62. The molecule has 0 fully saturated rings. The molecule has 2 aromatic carbocycles. The van der Waals surface area contributed by atoms with Gasteiger partial charge in [0.15, 0.2) is 17.1 Å². The second-order valence-corrected chi connectivity index (χ2v) is 9.16. The number of aromatic nitrogens is 3. The standard InChI is InChI=1S/C26H33N5O3S/c1-6-20-11-13-21(14-12-20)34-19(5)25(33)27-15-22-29-30-26(31(22)7-2)35-16-23(32)28-24-17(3)9-8-10-18(24)4/h8-14,19H,6-7,15-16H2,1-5H3,(H,27,33)(H,28,32)/t19-/m0/s1. The fourth-order valence-electron chi connectivity index (χ4n) is 3.56. The van der Waals surface area contributed by atoms with Crippen molar-refractivity contribution in [2.75, 3.05) is 11.1 Å². The van der Waals surface area contributed by atoms with Crippen molar-refractivity contribution in [2.24, 2.45) is 0 Å². The van der Waals surface area contributed by atoms with Gasteiger partial charge in [-0.3, -0.25) is 9.59 Å². The van der Waals surface area contributed by atoms with Crippen molar-refractivity contribution in [1.29, 1.82) is 0 Å². The van der Waals surface area contributed by atoms with Gasteiger partial charge >= 0.3 is 0 Å². The van der Waals surface area contributed by atoms with E-state index >= 15 is 0 Å². The number of nitrogens with one attached hydrogen (secondary N) is 2. The SMILES string of the molecule is CCc1ccc(O[C@@H](C)C(=O)NCc2nnc(SCC(=O)Nc3c(C)cccc3C)n2CC)cc1. The zero-order chi connectivity index (χ0) is 25.4. The molecule has 8 nitrogen and oxygen atoms in total. The van der Waals surface area contributed by atoms with Crippen molar-refractivity contribution in [1.82, 2.24) is 20.1 Å². The molecule has 9 heteroatoms. The Kier molecular flexibility index (Phi) is 9.31. The summed E-state index contributed by atoms with van der Waals surface area (Å²) >= 11 is 1.32. The van der Waals surface area contributed by atoms with Crippen molar-refractivity contribution < 1.29 is 14.3 Å². The maximum Gasteiger partial charge on any atom is 0.261 e. The maximum absolute atomic E-state index is 12.5. The molecule has 0 saturated carbocycles.